The van der Waals surface area contributed by atoms with Crippen LogP contribution in [-0.4, -0.2) is 36.6 Å². The normalized spacial score (nSPS) is 16.9. The molecule has 0 aliphatic heterocycles. The summed E-state index contributed by atoms with van der Waals surface area (Å²) in [5.41, 5.74) is -0.0901. The van der Waals surface area contributed by atoms with Crippen molar-refractivity contribution in [3.8, 4) is 0 Å². The molecule has 1 saturated carbocycles. The number of rotatable bonds is 3. The summed E-state index contributed by atoms with van der Waals surface area (Å²) in [5.74, 6) is -0.450. The van der Waals surface area contributed by atoms with E-state index in [-0.39, 0.29) is 16.8 Å². The van der Waals surface area contributed by atoms with Crippen molar-refractivity contribution in [3.05, 3.63) is 16.9 Å². The standard InChI is InChI=1S/C12H16ClN3O3S/c1-20(18,19)12-14-7-9(13)10(16-12)11(17)15-8-5-3-2-4-6-8/h7-8H,2-6H2,1H3,(H,15,17). The second-order valence-corrected chi connectivity index (χ2v) is 7.25. The van der Waals surface area contributed by atoms with Crippen LogP contribution in [0.2, 0.25) is 5.02 Å². The number of hydrogen-bond acceptors (Lipinski definition) is 5. The molecule has 0 atom stereocenters. The molecule has 0 saturated heterocycles. The van der Waals surface area contributed by atoms with Gasteiger partial charge in [0.1, 0.15) is 0 Å². The van der Waals surface area contributed by atoms with Crippen molar-refractivity contribution in [1.82, 2.24) is 15.3 Å². The van der Waals surface area contributed by atoms with Gasteiger partial charge in [0.2, 0.25) is 15.0 Å². The van der Waals surface area contributed by atoms with Gasteiger partial charge in [-0.2, -0.15) is 0 Å². The second kappa shape index (κ2) is 6.05. The lowest BCUT2D eigenvalue weighted by Crippen LogP contribution is -2.37. The molecule has 6 nitrogen and oxygen atoms in total. The number of aromatic nitrogens is 2. The van der Waals surface area contributed by atoms with Crippen molar-refractivity contribution in [1.29, 1.82) is 0 Å². The zero-order valence-corrected chi connectivity index (χ0v) is 12.7. The molecule has 20 heavy (non-hydrogen) atoms. The van der Waals surface area contributed by atoms with Crippen LogP contribution in [0.15, 0.2) is 11.4 Å². The van der Waals surface area contributed by atoms with Crippen LogP contribution in [0.1, 0.15) is 42.6 Å². The quantitative estimate of drug-likeness (QED) is 0.855. The fraction of sp³-hybridized carbons (Fsp3) is 0.583. The first-order valence-electron chi connectivity index (χ1n) is 6.41. The van der Waals surface area contributed by atoms with Crippen LogP contribution < -0.4 is 5.32 Å². The van der Waals surface area contributed by atoms with E-state index < -0.39 is 20.9 Å². The largest absolute Gasteiger partial charge is 0.348 e. The summed E-state index contributed by atoms with van der Waals surface area (Å²) in [6, 6.07) is 0.101. The predicted molar refractivity (Wildman–Crippen MR) is 74.5 cm³/mol. The molecule has 1 amide bonds. The Labute approximate surface area is 122 Å². The van der Waals surface area contributed by atoms with E-state index in [0.717, 1.165) is 38.1 Å². The van der Waals surface area contributed by atoms with E-state index in [0.29, 0.717) is 0 Å². The molecule has 0 spiro atoms. The Morgan fingerprint density at radius 3 is 2.60 bits per heavy atom. The Bertz CT molecular complexity index is 612. The van der Waals surface area contributed by atoms with Gasteiger partial charge in [0.25, 0.3) is 5.91 Å². The summed E-state index contributed by atoms with van der Waals surface area (Å²) in [6.07, 6.45) is 7.31. The zero-order chi connectivity index (χ0) is 14.8. The molecule has 1 aromatic heterocycles. The van der Waals surface area contributed by atoms with Crippen molar-refractivity contribution < 1.29 is 13.2 Å². The van der Waals surface area contributed by atoms with Crippen molar-refractivity contribution in [2.24, 2.45) is 0 Å². The number of nitrogens with one attached hydrogen (secondary N) is 1. The smallest absolute Gasteiger partial charge is 0.271 e. The molecular formula is C12H16ClN3O3S. The molecule has 1 fully saturated rings. The summed E-state index contributed by atoms with van der Waals surface area (Å²) in [7, 11) is -3.57. The summed E-state index contributed by atoms with van der Waals surface area (Å²) in [6.45, 7) is 0. The number of carbonyl (C=O) groups excluding carboxylic acids is 1. The van der Waals surface area contributed by atoms with Gasteiger partial charge in [-0.15, -0.1) is 0 Å². The summed E-state index contributed by atoms with van der Waals surface area (Å²) < 4.78 is 22.8. The molecule has 0 unspecified atom stereocenters. The summed E-state index contributed by atoms with van der Waals surface area (Å²) in [4.78, 5) is 19.5. The number of carbonyl (C=O) groups is 1. The van der Waals surface area contributed by atoms with Crippen LogP contribution in [0, 0.1) is 0 Å². The lowest BCUT2D eigenvalue weighted by molar-refractivity contribution is 0.0922. The number of halogens is 1. The fourth-order valence-corrected chi connectivity index (χ4v) is 2.87. The first-order chi connectivity index (χ1) is 9.38. The maximum absolute atomic E-state index is 12.1. The minimum absolute atomic E-state index is 0.0470. The predicted octanol–water partition coefficient (Wildman–Crippen LogP) is 1.60. The SMILES string of the molecule is CS(=O)(=O)c1ncc(Cl)c(C(=O)NC2CCCCC2)n1. The van der Waals surface area contributed by atoms with Crippen molar-refractivity contribution in [2.75, 3.05) is 6.26 Å². The van der Waals surface area contributed by atoms with Gasteiger partial charge in [-0.1, -0.05) is 30.9 Å². The molecule has 2 rings (SSSR count). The van der Waals surface area contributed by atoms with Gasteiger partial charge in [-0.3, -0.25) is 4.79 Å². The Kier molecular flexibility index (Phi) is 4.59. The maximum Gasteiger partial charge on any atom is 0.271 e. The minimum Gasteiger partial charge on any atom is -0.348 e. The van der Waals surface area contributed by atoms with Crippen LogP contribution >= 0.6 is 11.6 Å². The van der Waals surface area contributed by atoms with E-state index in [1.165, 1.54) is 6.42 Å². The molecule has 0 aromatic carbocycles. The van der Waals surface area contributed by atoms with Crippen LogP contribution in [0.3, 0.4) is 0 Å². The van der Waals surface area contributed by atoms with Gasteiger partial charge >= 0.3 is 0 Å². The Morgan fingerprint density at radius 2 is 2.00 bits per heavy atom. The highest BCUT2D eigenvalue weighted by molar-refractivity contribution is 7.90. The lowest BCUT2D eigenvalue weighted by atomic mass is 9.95. The minimum atomic E-state index is -3.57. The first-order valence-corrected chi connectivity index (χ1v) is 8.68. The molecule has 1 aromatic rings. The van der Waals surface area contributed by atoms with Crippen LogP contribution in [0.5, 0.6) is 0 Å². The average molecular weight is 318 g/mol. The molecule has 1 aliphatic carbocycles. The van der Waals surface area contributed by atoms with Crippen molar-refractivity contribution in [2.45, 2.75) is 43.3 Å². The number of nitrogens with zero attached hydrogens (tertiary/aromatic N) is 2. The van der Waals surface area contributed by atoms with Gasteiger partial charge in [-0.25, -0.2) is 18.4 Å². The molecule has 1 heterocycles. The second-order valence-electron chi connectivity index (χ2n) is 4.93. The zero-order valence-electron chi connectivity index (χ0n) is 11.1. The molecule has 0 bridgehead atoms. The van der Waals surface area contributed by atoms with Gasteiger partial charge in [0, 0.05) is 12.3 Å². The van der Waals surface area contributed by atoms with Gasteiger partial charge in [0.15, 0.2) is 5.69 Å². The van der Waals surface area contributed by atoms with E-state index in [9.17, 15) is 13.2 Å². The maximum atomic E-state index is 12.1. The van der Waals surface area contributed by atoms with Crippen molar-refractivity contribution >= 4 is 27.3 Å². The van der Waals surface area contributed by atoms with Crippen LogP contribution in [0.4, 0.5) is 0 Å². The van der Waals surface area contributed by atoms with Crippen LogP contribution in [-0.2, 0) is 9.84 Å². The van der Waals surface area contributed by atoms with Gasteiger partial charge < -0.3 is 5.32 Å². The van der Waals surface area contributed by atoms with E-state index in [1.807, 2.05) is 0 Å². The molecule has 1 N–H and O–H groups in total. The monoisotopic (exact) mass is 317 g/mol. The molecule has 1 aliphatic rings. The van der Waals surface area contributed by atoms with E-state index in [4.69, 9.17) is 11.6 Å². The Hall–Kier alpha value is -1.21. The first kappa shape index (κ1) is 15.2. The highest BCUT2D eigenvalue weighted by Gasteiger charge is 2.22. The number of sulfone groups is 1. The Balaban J connectivity index is 2.20. The summed E-state index contributed by atoms with van der Waals surface area (Å²) >= 11 is 5.88. The molecule has 110 valence electrons. The topological polar surface area (TPSA) is 89.0 Å². The number of hydrogen-bond donors (Lipinski definition) is 1. The molecule has 8 heteroatoms. The van der Waals surface area contributed by atoms with Crippen LogP contribution in [0.25, 0.3) is 0 Å². The van der Waals surface area contributed by atoms with Gasteiger partial charge in [-0.05, 0) is 12.8 Å². The summed E-state index contributed by atoms with van der Waals surface area (Å²) in [5, 5.41) is 2.50. The lowest BCUT2D eigenvalue weighted by Gasteiger charge is -2.22. The number of amides is 1. The highest BCUT2D eigenvalue weighted by atomic mass is 35.5. The van der Waals surface area contributed by atoms with E-state index in [2.05, 4.69) is 15.3 Å². The molecular weight excluding hydrogens is 302 g/mol. The van der Waals surface area contributed by atoms with E-state index >= 15 is 0 Å². The Morgan fingerprint density at radius 1 is 1.35 bits per heavy atom. The fourth-order valence-electron chi connectivity index (χ4n) is 2.19. The molecule has 0 radical (unpaired) electrons. The van der Waals surface area contributed by atoms with Gasteiger partial charge in [0.05, 0.1) is 11.2 Å². The van der Waals surface area contributed by atoms with Crippen molar-refractivity contribution in [3.63, 3.8) is 0 Å². The third-order valence-corrected chi connectivity index (χ3v) is 4.35. The van der Waals surface area contributed by atoms with E-state index in [1.54, 1.807) is 0 Å². The third kappa shape index (κ3) is 3.67. The average Bonchev–Trinajstić information content (AvgIpc) is 2.39. The highest BCUT2D eigenvalue weighted by Crippen LogP contribution is 2.19. The third-order valence-electron chi connectivity index (χ3n) is 3.21.